The van der Waals surface area contributed by atoms with Crippen LogP contribution < -0.4 is 0 Å². The van der Waals surface area contributed by atoms with E-state index in [4.69, 9.17) is 0 Å². The summed E-state index contributed by atoms with van der Waals surface area (Å²) in [6.07, 6.45) is 1.34. The fourth-order valence-corrected chi connectivity index (χ4v) is 0.431. The Kier molecular flexibility index (Phi) is 4.30. The average molecular weight is 117 g/mol. The Bertz CT molecular complexity index is 64.7. The molecule has 0 aliphatic heterocycles. The number of hydrogen-bond donors (Lipinski definition) is 0. The predicted molar refractivity (Wildman–Crippen MR) is 37.9 cm³/mol. The van der Waals surface area contributed by atoms with Crippen molar-refractivity contribution in [2.45, 2.75) is 13.2 Å². The molecule has 0 amide bonds. The lowest BCUT2D eigenvalue weighted by atomic mass is 10.1. The van der Waals surface area contributed by atoms with Gasteiger partial charge in [0.2, 0.25) is 0 Å². The summed E-state index contributed by atoms with van der Waals surface area (Å²) >= 11 is 1.45. The lowest BCUT2D eigenvalue weighted by molar-refractivity contribution is -0.109. The van der Waals surface area contributed by atoms with Crippen LogP contribution in [0.25, 0.3) is 0 Å². The van der Waals surface area contributed by atoms with Crippen molar-refractivity contribution in [3.05, 3.63) is 0 Å². The van der Waals surface area contributed by atoms with Crippen LogP contribution in [0.15, 0.2) is 0 Å². The van der Waals surface area contributed by atoms with E-state index in [1.807, 2.05) is 0 Å². The summed E-state index contributed by atoms with van der Waals surface area (Å²) in [5.41, 5.74) is 0. The van der Waals surface area contributed by atoms with Gasteiger partial charge in [0.25, 0.3) is 0 Å². The molecule has 0 radical (unpaired) electrons. The van der Waals surface area contributed by atoms with Crippen LogP contribution in [-0.4, -0.2) is 18.7 Å². The van der Waals surface area contributed by atoms with E-state index in [-0.39, 0.29) is 5.12 Å². The average Bonchev–Trinajstić information content (AvgIpc) is 1.61. The maximum absolute atomic E-state index is 10.2. The molecule has 0 unspecified atom stereocenters. The SMILES string of the molecule is [BH3-]CCSC(C)=O. The standard InChI is InChI=1S/C4H10BOS/c1-4(6)7-3-2-5/h2-3H2,1,5H3/q-1. The van der Waals surface area contributed by atoms with Crippen LogP contribution in [0.4, 0.5) is 0 Å². The van der Waals surface area contributed by atoms with Gasteiger partial charge in [0.15, 0.2) is 5.12 Å². The van der Waals surface area contributed by atoms with E-state index in [1.165, 1.54) is 18.1 Å². The first-order valence-corrected chi connectivity index (χ1v) is 2.68. The van der Waals surface area contributed by atoms with E-state index in [0.29, 0.717) is 7.85 Å². The highest BCUT2D eigenvalue weighted by Gasteiger charge is 1.85. The lowest BCUT2D eigenvalue weighted by Crippen LogP contribution is -1.83. The fourth-order valence-electron chi connectivity index (χ4n) is 0.144. The Morgan fingerprint density at radius 1 is 1.86 bits per heavy atom. The van der Waals surface area contributed by atoms with Crippen molar-refractivity contribution in [1.29, 1.82) is 0 Å². The Balaban J connectivity index is 2.82. The van der Waals surface area contributed by atoms with Gasteiger partial charge in [0.05, 0.1) is 0 Å². The van der Waals surface area contributed by atoms with E-state index in [2.05, 4.69) is 0 Å². The molecule has 0 N–H and O–H groups in total. The molecule has 42 valence electrons. The minimum absolute atomic E-state index is 0.264. The molecule has 0 aromatic carbocycles. The molecule has 0 rings (SSSR count). The summed E-state index contributed by atoms with van der Waals surface area (Å²) in [6, 6.07) is 0. The summed E-state index contributed by atoms with van der Waals surface area (Å²) in [6.45, 7) is 1.63. The monoisotopic (exact) mass is 117 g/mol. The molecule has 0 atom stereocenters. The zero-order chi connectivity index (χ0) is 5.70. The molecule has 0 saturated heterocycles. The normalized spacial score (nSPS) is 8.86. The number of hydrogen-bond acceptors (Lipinski definition) is 2. The minimum atomic E-state index is 0.264. The smallest absolute Gasteiger partial charge is 0.185 e. The molecule has 0 heterocycles. The van der Waals surface area contributed by atoms with Crippen molar-refractivity contribution in [2.24, 2.45) is 0 Å². The summed E-state index contributed by atoms with van der Waals surface area (Å²) < 4.78 is 0. The fraction of sp³-hybridized carbons (Fsp3) is 0.750. The Hall–Kier alpha value is 0.0849. The molecule has 0 aliphatic rings. The van der Waals surface area contributed by atoms with E-state index >= 15 is 0 Å². The van der Waals surface area contributed by atoms with Gasteiger partial charge in [-0.15, -0.1) is 0 Å². The highest BCUT2D eigenvalue weighted by atomic mass is 32.2. The van der Waals surface area contributed by atoms with Gasteiger partial charge in [-0.3, -0.25) is 4.79 Å². The largest absolute Gasteiger partial charge is 0.288 e. The van der Waals surface area contributed by atoms with Gasteiger partial charge in [0, 0.05) is 6.92 Å². The molecule has 3 heteroatoms. The number of thioether (sulfide) groups is 1. The van der Waals surface area contributed by atoms with E-state index in [9.17, 15) is 4.79 Å². The summed E-state index contributed by atoms with van der Waals surface area (Å²) in [7, 11) is 0.546. The van der Waals surface area contributed by atoms with E-state index < -0.39 is 0 Å². The van der Waals surface area contributed by atoms with Crippen molar-refractivity contribution in [2.75, 3.05) is 5.75 Å². The van der Waals surface area contributed by atoms with Crippen LogP contribution in [-0.2, 0) is 4.79 Å². The molecule has 0 bridgehead atoms. The summed E-state index contributed by atoms with van der Waals surface area (Å²) in [4.78, 5) is 10.2. The second-order valence-electron chi connectivity index (χ2n) is 0.840. The van der Waals surface area contributed by atoms with Gasteiger partial charge in [-0.05, 0) is 13.6 Å². The second kappa shape index (κ2) is 4.25. The van der Waals surface area contributed by atoms with E-state index in [1.54, 1.807) is 6.92 Å². The number of carbonyl (C=O) groups excluding carboxylic acids is 1. The zero-order valence-corrected chi connectivity index (χ0v) is 4.55. The third-order valence-electron chi connectivity index (χ3n) is 0.305. The third kappa shape index (κ3) is 6.08. The van der Waals surface area contributed by atoms with Gasteiger partial charge in [-0.25, -0.2) is 0 Å². The van der Waals surface area contributed by atoms with Crippen LogP contribution in [0, 0.1) is 0 Å². The first-order chi connectivity index (χ1) is 3.27. The van der Waals surface area contributed by atoms with Gasteiger partial charge < -0.3 is 0 Å². The van der Waals surface area contributed by atoms with Gasteiger partial charge in [0.1, 0.15) is 0 Å². The molecular formula is C4H10BOS-. The lowest BCUT2D eigenvalue weighted by Gasteiger charge is -1.89. The van der Waals surface area contributed by atoms with Gasteiger partial charge in [-0.2, -0.15) is 6.32 Å². The topological polar surface area (TPSA) is 17.1 Å². The van der Waals surface area contributed by atoms with Gasteiger partial charge in [-0.1, -0.05) is 11.8 Å². The van der Waals surface area contributed by atoms with Crippen LogP contribution in [0.1, 0.15) is 6.92 Å². The van der Waals surface area contributed by atoms with Crippen molar-refractivity contribution in [1.82, 2.24) is 0 Å². The molecule has 0 spiro atoms. The first kappa shape index (κ1) is 7.08. The molecule has 1 nitrogen and oxygen atoms in total. The van der Waals surface area contributed by atoms with Crippen molar-refractivity contribution < 1.29 is 4.79 Å². The van der Waals surface area contributed by atoms with Crippen molar-refractivity contribution >= 4 is 24.7 Å². The Labute approximate surface area is 49.3 Å². The third-order valence-corrected chi connectivity index (χ3v) is 0.916. The zero-order valence-electron chi connectivity index (χ0n) is 3.73. The molecule has 7 heavy (non-hydrogen) atoms. The maximum atomic E-state index is 10.2. The molecule has 0 aromatic rings. The quantitative estimate of drug-likeness (QED) is 0.475. The predicted octanol–water partition coefficient (Wildman–Crippen LogP) is 0.0498. The molecule has 0 saturated carbocycles. The Morgan fingerprint density at radius 2 is 2.43 bits per heavy atom. The molecule has 0 aromatic heterocycles. The van der Waals surface area contributed by atoms with Crippen molar-refractivity contribution in [3.8, 4) is 0 Å². The molecule has 0 aliphatic carbocycles. The van der Waals surface area contributed by atoms with E-state index in [0.717, 1.165) is 5.75 Å². The minimum Gasteiger partial charge on any atom is -0.288 e. The maximum Gasteiger partial charge on any atom is 0.185 e. The van der Waals surface area contributed by atoms with Crippen LogP contribution in [0.2, 0.25) is 6.32 Å². The number of carbonyl (C=O) groups is 1. The molecular weight excluding hydrogens is 107 g/mol. The van der Waals surface area contributed by atoms with Crippen molar-refractivity contribution in [3.63, 3.8) is 0 Å². The van der Waals surface area contributed by atoms with Crippen LogP contribution in [0.5, 0.6) is 0 Å². The Morgan fingerprint density at radius 3 is 2.57 bits per heavy atom. The van der Waals surface area contributed by atoms with Crippen LogP contribution >= 0.6 is 11.8 Å². The van der Waals surface area contributed by atoms with Crippen LogP contribution in [0.3, 0.4) is 0 Å². The number of rotatable bonds is 2. The first-order valence-electron chi connectivity index (χ1n) is 1.70. The molecule has 0 fully saturated rings. The summed E-state index contributed by atoms with van der Waals surface area (Å²) in [5, 5.41) is 0.264. The summed E-state index contributed by atoms with van der Waals surface area (Å²) in [5.74, 6) is 1.08. The highest BCUT2D eigenvalue weighted by Crippen LogP contribution is 2.00. The van der Waals surface area contributed by atoms with Gasteiger partial charge >= 0.3 is 0 Å². The highest BCUT2D eigenvalue weighted by molar-refractivity contribution is 8.13. The second-order valence-corrected chi connectivity index (χ2v) is 2.11.